The van der Waals surface area contributed by atoms with Crippen LogP contribution in [0.15, 0.2) is 53.1 Å². The number of nitrogens with one attached hydrogen (secondary N) is 1. The van der Waals surface area contributed by atoms with Gasteiger partial charge in [-0.15, -0.1) is 0 Å². The number of amides is 2. The molecule has 28 heavy (non-hydrogen) atoms. The first-order valence-corrected chi connectivity index (χ1v) is 8.79. The van der Waals surface area contributed by atoms with E-state index in [2.05, 4.69) is 15.5 Å². The number of hydrogen-bond acceptors (Lipinski definition) is 5. The molecular formula is C20H21FN4O3. The summed E-state index contributed by atoms with van der Waals surface area (Å²) < 4.78 is 23.5. The van der Waals surface area contributed by atoms with Gasteiger partial charge in [0.25, 0.3) is 5.89 Å². The van der Waals surface area contributed by atoms with Gasteiger partial charge >= 0.3 is 6.03 Å². The molecule has 1 heterocycles. The molecule has 0 aliphatic heterocycles. The molecule has 2 aromatic carbocycles. The Morgan fingerprint density at radius 2 is 1.96 bits per heavy atom. The fraction of sp³-hybridized carbons (Fsp3) is 0.250. The predicted octanol–water partition coefficient (Wildman–Crippen LogP) is 3.80. The summed E-state index contributed by atoms with van der Waals surface area (Å²) in [5.41, 5.74) is 1.77. The molecule has 8 heteroatoms. The highest BCUT2D eigenvalue weighted by atomic mass is 19.1. The molecule has 0 atom stereocenters. The molecule has 0 unspecified atom stereocenters. The Morgan fingerprint density at radius 3 is 2.71 bits per heavy atom. The van der Waals surface area contributed by atoms with E-state index in [1.54, 1.807) is 11.9 Å². The monoisotopic (exact) mass is 384 g/mol. The van der Waals surface area contributed by atoms with Crippen molar-refractivity contribution in [2.75, 3.05) is 18.9 Å². The molecule has 2 amide bonds. The van der Waals surface area contributed by atoms with Crippen molar-refractivity contribution < 1.29 is 18.4 Å². The maximum absolute atomic E-state index is 12.9. The Bertz CT molecular complexity index is 927. The lowest BCUT2D eigenvalue weighted by atomic mass is 10.2. The summed E-state index contributed by atoms with van der Waals surface area (Å²) in [7, 11) is 1.70. The molecule has 1 aromatic heterocycles. The van der Waals surface area contributed by atoms with E-state index in [4.69, 9.17) is 9.26 Å². The molecule has 0 aliphatic carbocycles. The summed E-state index contributed by atoms with van der Waals surface area (Å²) in [4.78, 5) is 18.1. The van der Waals surface area contributed by atoms with Gasteiger partial charge in [-0.25, -0.2) is 9.18 Å². The number of ether oxygens (including phenoxy) is 1. The quantitative estimate of drug-likeness (QED) is 0.670. The Balaban J connectivity index is 1.46. The van der Waals surface area contributed by atoms with Crippen LogP contribution in [0, 0.1) is 12.7 Å². The number of anilines is 1. The Kier molecular flexibility index (Phi) is 6.21. The number of rotatable bonds is 7. The van der Waals surface area contributed by atoms with Crippen LogP contribution in [0.25, 0.3) is 0 Å². The van der Waals surface area contributed by atoms with Gasteiger partial charge in [0.05, 0.1) is 0 Å². The first-order valence-electron chi connectivity index (χ1n) is 8.79. The largest absolute Gasteiger partial charge is 0.484 e. The Labute approximate surface area is 162 Å². The van der Waals surface area contributed by atoms with Gasteiger partial charge in [0, 0.05) is 25.7 Å². The number of para-hydroxylation sites is 1. The summed E-state index contributed by atoms with van der Waals surface area (Å²) in [6, 6.07) is 13.0. The van der Waals surface area contributed by atoms with Gasteiger partial charge in [0.1, 0.15) is 11.6 Å². The van der Waals surface area contributed by atoms with Crippen LogP contribution in [0.1, 0.15) is 17.3 Å². The zero-order valence-corrected chi connectivity index (χ0v) is 15.7. The number of aromatic nitrogens is 2. The number of benzene rings is 2. The number of halogens is 1. The van der Waals surface area contributed by atoms with Crippen molar-refractivity contribution in [2.45, 2.75) is 20.0 Å². The van der Waals surface area contributed by atoms with E-state index in [1.165, 1.54) is 24.3 Å². The van der Waals surface area contributed by atoms with E-state index in [-0.39, 0.29) is 18.5 Å². The Morgan fingerprint density at radius 1 is 1.21 bits per heavy atom. The molecule has 7 nitrogen and oxygen atoms in total. The number of urea groups is 1. The van der Waals surface area contributed by atoms with Gasteiger partial charge in [-0.3, -0.25) is 0 Å². The minimum absolute atomic E-state index is 0.0856. The van der Waals surface area contributed by atoms with E-state index in [0.29, 0.717) is 30.4 Å². The number of nitrogens with zero attached hydrogens (tertiary/aromatic N) is 3. The van der Waals surface area contributed by atoms with Crippen molar-refractivity contribution in [1.29, 1.82) is 0 Å². The van der Waals surface area contributed by atoms with Crippen LogP contribution in [0.2, 0.25) is 0 Å². The minimum Gasteiger partial charge on any atom is -0.484 e. The van der Waals surface area contributed by atoms with Crippen LogP contribution in [0.5, 0.6) is 5.75 Å². The average molecular weight is 384 g/mol. The van der Waals surface area contributed by atoms with Crippen molar-refractivity contribution >= 4 is 11.7 Å². The first kappa shape index (κ1) is 19.3. The number of aryl methyl sites for hydroxylation is 1. The molecule has 0 fully saturated rings. The van der Waals surface area contributed by atoms with Crippen LogP contribution in [-0.4, -0.2) is 34.7 Å². The highest BCUT2D eigenvalue weighted by Gasteiger charge is 2.13. The first-order chi connectivity index (χ1) is 13.5. The van der Waals surface area contributed by atoms with Crippen molar-refractivity contribution in [3.05, 3.63) is 71.6 Å². The van der Waals surface area contributed by atoms with Gasteiger partial charge < -0.3 is 19.5 Å². The summed E-state index contributed by atoms with van der Waals surface area (Å²) in [5.74, 6) is 0.969. The van der Waals surface area contributed by atoms with Gasteiger partial charge in [-0.2, -0.15) is 4.98 Å². The van der Waals surface area contributed by atoms with Crippen molar-refractivity contribution in [2.24, 2.45) is 0 Å². The topological polar surface area (TPSA) is 80.5 Å². The predicted molar refractivity (Wildman–Crippen MR) is 102 cm³/mol. The molecule has 0 saturated heterocycles. The van der Waals surface area contributed by atoms with Crippen molar-refractivity contribution in [3.63, 3.8) is 0 Å². The molecule has 0 spiro atoms. The maximum Gasteiger partial charge on any atom is 0.321 e. The molecule has 146 valence electrons. The second-order valence-corrected chi connectivity index (χ2v) is 6.26. The van der Waals surface area contributed by atoms with Gasteiger partial charge in [0.15, 0.2) is 12.4 Å². The third-order valence-electron chi connectivity index (χ3n) is 4.09. The normalized spacial score (nSPS) is 10.5. The van der Waals surface area contributed by atoms with E-state index in [9.17, 15) is 9.18 Å². The fourth-order valence-electron chi connectivity index (χ4n) is 2.42. The van der Waals surface area contributed by atoms with Crippen molar-refractivity contribution in [3.8, 4) is 5.75 Å². The van der Waals surface area contributed by atoms with Gasteiger partial charge in [-0.05, 0) is 42.8 Å². The molecule has 3 aromatic rings. The summed E-state index contributed by atoms with van der Waals surface area (Å²) in [6.07, 6.45) is 0.442. The smallest absolute Gasteiger partial charge is 0.321 e. The van der Waals surface area contributed by atoms with Crippen molar-refractivity contribution in [1.82, 2.24) is 15.0 Å². The highest BCUT2D eigenvalue weighted by Crippen LogP contribution is 2.14. The summed E-state index contributed by atoms with van der Waals surface area (Å²) >= 11 is 0. The summed E-state index contributed by atoms with van der Waals surface area (Å²) in [6.45, 7) is 2.45. The number of hydrogen-bond donors (Lipinski definition) is 1. The fourth-order valence-corrected chi connectivity index (χ4v) is 2.42. The molecule has 0 saturated carbocycles. The van der Waals surface area contributed by atoms with Crippen LogP contribution in [-0.2, 0) is 13.0 Å². The zero-order chi connectivity index (χ0) is 19.9. The van der Waals surface area contributed by atoms with Crippen LogP contribution < -0.4 is 10.1 Å². The lowest BCUT2D eigenvalue weighted by Crippen LogP contribution is -2.33. The molecule has 0 radical (unpaired) electrons. The van der Waals surface area contributed by atoms with Crippen LogP contribution in [0.4, 0.5) is 14.9 Å². The molecule has 0 aliphatic rings. The average Bonchev–Trinajstić information content (AvgIpc) is 3.15. The second-order valence-electron chi connectivity index (χ2n) is 6.26. The molecular weight excluding hydrogens is 363 g/mol. The lowest BCUT2D eigenvalue weighted by molar-refractivity contribution is 0.222. The molecule has 1 N–H and O–H groups in total. The molecule has 0 bridgehead atoms. The maximum atomic E-state index is 12.9. The van der Waals surface area contributed by atoms with Crippen LogP contribution >= 0.6 is 0 Å². The van der Waals surface area contributed by atoms with Crippen LogP contribution in [0.3, 0.4) is 0 Å². The van der Waals surface area contributed by atoms with E-state index < -0.39 is 0 Å². The van der Waals surface area contributed by atoms with E-state index >= 15 is 0 Å². The third kappa shape index (κ3) is 5.29. The van der Waals surface area contributed by atoms with Gasteiger partial charge in [-0.1, -0.05) is 23.4 Å². The minimum atomic E-state index is -0.331. The lowest BCUT2D eigenvalue weighted by Gasteiger charge is -2.18. The zero-order valence-electron chi connectivity index (χ0n) is 15.7. The standard InChI is InChI=1S/C20H21FN4O3/c1-14-5-3-4-6-17(14)22-20(26)25(2)12-11-18-23-19(28-24-18)13-27-16-9-7-15(21)8-10-16/h3-10H,11-13H2,1-2H3,(H,22,26). The number of likely N-dealkylation sites (N-methyl/N-ethyl adjacent to an activating group) is 1. The third-order valence-corrected chi connectivity index (χ3v) is 4.09. The summed E-state index contributed by atoms with van der Waals surface area (Å²) in [5, 5.41) is 6.76. The Hall–Kier alpha value is -3.42. The second kappa shape index (κ2) is 8.98. The van der Waals surface area contributed by atoms with E-state index in [0.717, 1.165) is 11.3 Å². The molecule has 3 rings (SSSR count). The highest BCUT2D eigenvalue weighted by molar-refractivity contribution is 5.89. The SMILES string of the molecule is Cc1ccccc1NC(=O)N(C)CCc1noc(COc2ccc(F)cc2)n1. The van der Waals surface area contributed by atoms with E-state index in [1.807, 2.05) is 31.2 Å². The number of carbonyl (C=O) groups is 1. The van der Waals surface area contributed by atoms with Gasteiger partial charge in [0.2, 0.25) is 0 Å². The number of carbonyl (C=O) groups excluding carboxylic acids is 1.